The van der Waals surface area contributed by atoms with E-state index in [0.29, 0.717) is 0 Å². The molecule has 242 valence electrons. The second-order valence-corrected chi connectivity index (χ2v) is 13.7. The summed E-state index contributed by atoms with van der Waals surface area (Å²) in [4.78, 5) is 0. The molecule has 2 heteroatoms. The zero-order valence-corrected chi connectivity index (χ0v) is 28.4. The number of aromatic nitrogens is 2. The summed E-state index contributed by atoms with van der Waals surface area (Å²) >= 11 is 0. The van der Waals surface area contributed by atoms with Gasteiger partial charge in [0.1, 0.15) is 0 Å². The van der Waals surface area contributed by atoms with E-state index < -0.39 is 0 Å². The lowest BCUT2D eigenvalue weighted by Crippen LogP contribution is -1.97. The smallest absolute Gasteiger partial charge is 0.0549 e. The van der Waals surface area contributed by atoms with Crippen molar-refractivity contribution >= 4 is 65.2 Å². The molecule has 0 amide bonds. The van der Waals surface area contributed by atoms with E-state index in [1.165, 1.54) is 93.1 Å². The molecule has 0 N–H and O–H groups in total. The SMILES string of the molecule is c1ccc(-c2ccc(-n3c4ccccc4c4c5c6ccccc6n(-c6ccc(-c7ccc8ccccc8c7)cc6)c5ccc43)c3ccccc23)cc1. The van der Waals surface area contributed by atoms with Crippen molar-refractivity contribution in [3.05, 3.63) is 194 Å². The normalized spacial score (nSPS) is 11.8. The van der Waals surface area contributed by atoms with Crippen molar-refractivity contribution in [3.8, 4) is 33.6 Å². The summed E-state index contributed by atoms with van der Waals surface area (Å²) < 4.78 is 4.91. The second kappa shape index (κ2) is 11.3. The van der Waals surface area contributed by atoms with Crippen LogP contribution in [0.1, 0.15) is 0 Å². The van der Waals surface area contributed by atoms with E-state index in [9.17, 15) is 0 Å². The van der Waals surface area contributed by atoms with Gasteiger partial charge in [-0.3, -0.25) is 0 Å². The van der Waals surface area contributed by atoms with Crippen molar-refractivity contribution in [3.63, 3.8) is 0 Å². The van der Waals surface area contributed by atoms with E-state index in [1.807, 2.05) is 0 Å². The van der Waals surface area contributed by atoms with Crippen molar-refractivity contribution < 1.29 is 0 Å². The van der Waals surface area contributed by atoms with Crippen LogP contribution in [0.2, 0.25) is 0 Å². The summed E-state index contributed by atoms with van der Waals surface area (Å²) in [6, 6.07) is 70.9. The number of rotatable bonds is 4. The molecular formula is C50H32N2. The van der Waals surface area contributed by atoms with Crippen LogP contribution in [-0.2, 0) is 0 Å². The van der Waals surface area contributed by atoms with Crippen LogP contribution in [0.15, 0.2) is 194 Å². The third-order valence-corrected chi connectivity index (χ3v) is 10.9. The molecule has 0 atom stereocenters. The minimum atomic E-state index is 1.15. The standard InChI is InChI=1S/C50H32N2/c1-2-13-35(14-3-1)39-28-29-46(41-17-7-6-16-40(39)41)52-45-21-11-9-19-43(45)50-48(52)31-30-47-49(50)42-18-8-10-20-44(42)51(47)38-26-24-34(25-27-38)37-23-22-33-12-4-5-15-36(33)32-37/h1-32H. The van der Waals surface area contributed by atoms with Gasteiger partial charge in [-0.05, 0) is 86.9 Å². The Morgan fingerprint density at radius 1 is 0.288 bits per heavy atom. The first-order chi connectivity index (χ1) is 25.8. The fourth-order valence-corrected chi connectivity index (χ4v) is 8.58. The van der Waals surface area contributed by atoms with Crippen molar-refractivity contribution in [2.24, 2.45) is 0 Å². The highest BCUT2D eigenvalue weighted by atomic mass is 15.0. The molecule has 9 aromatic carbocycles. The highest BCUT2D eigenvalue weighted by molar-refractivity contribution is 6.29. The molecule has 11 aromatic rings. The van der Waals surface area contributed by atoms with E-state index >= 15 is 0 Å². The molecule has 0 spiro atoms. The van der Waals surface area contributed by atoms with Crippen LogP contribution in [0.4, 0.5) is 0 Å². The van der Waals surface area contributed by atoms with Gasteiger partial charge in [0.05, 0.1) is 27.8 Å². The Labute approximate surface area is 301 Å². The molecule has 0 unspecified atom stereocenters. The molecule has 0 bridgehead atoms. The zero-order valence-electron chi connectivity index (χ0n) is 28.4. The Morgan fingerprint density at radius 3 is 1.58 bits per heavy atom. The lowest BCUT2D eigenvalue weighted by molar-refractivity contribution is 1.18. The van der Waals surface area contributed by atoms with Crippen LogP contribution < -0.4 is 0 Å². The Kier molecular flexibility index (Phi) is 6.28. The maximum atomic E-state index is 2.48. The molecule has 2 aromatic heterocycles. The summed E-state index contributed by atoms with van der Waals surface area (Å²) in [5, 5.41) is 10.1. The molecule has 0 aliphatic carbocycles. The maximum absolute atomic E-state index is 2.48. The van der Waals surface area contributed by atoms with Crippen molar-refractivity contribution in [2.75, 3.05) is 0 Å². The lowest BCUT2D eigenvalue weighted by Gasteiger charge is -2.15. The van der Waals surface area contributed by atoms with E-state index in [2.05, 4.69) is 203 Å². The van der Waals surface area contributed by atoms with Gasteiger partial charge in [-0.25, -0.2) is 0 Å². The van der Waals surface area contributed by atoms with Gasteiger partial charge in [0.25, 0.3) is 0 Å². The number of para-hydroxylation sites is 2. The van der Waals surface area contributed by atoms with Crippen LogP contribution in [0.25, 0.3) is 98.8 Å². The third kappa shape index (κ3) is 4.25. The average molecular weight is 661 g/mol. The van der Waals surface area contributed by atoms with Crippen molar-refractivity contribution in [1.29, 1.82) is 0 Å². The molecule has 0 radical (unpaired) electrons. The first-order valence-corrected chi connectivity index (χ1v) is 17.9. The fraction of sp³-hybridized carbons (Fsp3) is 0. The van der Waals surface area contributed by atoms with Crippen LogP contribution in [0.5, 0.6) is 0 Å². The molecule has 0 saturated heterocycles. The Bertz CT molecular complexity index is 3160. The van der Waals surface area contributed by atoms with Gasteiger partial charge in [0.2, 0.25) is 0 Å². The quantitative estimate of drug-likeness (QED) is 0.178. The van der Waals surface area contributed by atoms with Crippen molar-refractivity contribution in [2.45, 2.75) is 0 Å². The summed E-state index contributed by atoms with van der Waals surface area (Å²) in [6.07, 6.45) is 0. The Hall–Kier alpha value is -6.90. The summed E-state index contributed by atoms with van der Waals surface area (Å²) in [5.41, 5.74) is 12.1. The van der Waals surface area contributed by atoms with E-state index in [4.69, 9.17) is 0 Å². The Balaban J connectivity index is 1.15. The molecule has 11 rings (SSSR count). The topological polar surface area (TPSA) is 9.86 Å². The van der Waals surface area contributed by atoms with Gasteiger partial charge in [-0.2, -0.15) is 0 Å². The number of benzene rings is 9. The van der Waals surface area contributed by atoms with Crippen LogP contribution in [-0.4, -0.2) is 9.13 Å². The van der Waals surface area contributed by atoms with Gasteiger partial charge >= 0.3 is 0 Å². The number of hydrogen-bond donors (Lipinski definition) is 0. The van der Waals surface area contributed by atoms with Gasteiger partial charge in [0.15, 0.2) is 0 Å². The monoisotopic (exact) mass is 660 g/mol. The number of fused-ring (bicyclic) bond motifs is 9. The van der Waals surface area contributed by atoms with Crippen LogP contribution in [0.3, 0.4) is 0 Å². The molecule has 52 heavy (non-hydrogen) atoms. The number of nitrogens with zero attached hydrogens (tertiary/aromatic N) is 2. The molecule has 0 saturated carbocycles. The lowest BCUT2D eigenvalue weighted by atomic mass is 9.97. The predicted octanol–water partition coefficient (Wildman–Crippen LogP) is 13.5. The first-order valence-electron chi connectivity index (χ1n) is 17.9. The van der Waals surface area contributed by atoms with Gasteiger partial charge in [-0.15, -0.1) is 0 Å². The van der Waals surface area contributed by atoms with Crippen LogP contribution in [0, 0.1) is 0 Å². The van der Waals surface area contributed by atoms with Crippen LogP contribution >= 0.6 is 0 Å². The highest BCUT2D eigenvalue weighted by Gasteiger charge is 2.21. The molecule has 0 fully saturated rings. The molecule has 2 heterocycles. The fourth-order valence-electron chi connectivity index (χ4n) is 8.58. The third-order valence-electron chi connectivity index (χ3n) is 10.9. The van der Waals surface area contributed by atoms with E-state index in [0.717, 1.165) is 5.69 Å². The minimum Gasteiger partial charge on any atom is -0.309 e. The molecule has 2 nitrogen and oxygen atoms in total. The largest absolute Gasteiger partial charge is 0.309 e. The molecular weight excluding hydrogens is 629 g/mol. The minimum absolute atomic E-state index is 1.15. The number of hydrogen-bond acceptors (Lipinski definition) is 0. The van der Waals surface area contributed by atoms with Gasteiger partial charge in [0, 0.05) is 32.6 Å². The molecule has 0 aliphatic rings. The highest BCUT2D eigenvalue weighted by Crippen LogP contribution is 2.44. The summed E-state index contributed by atoms with van der Waals surface area (Å²) in [7, 11) is 0. The van der Waals surface area contributed by atoms with E-state index in [1.54, 1.807) is 0 Å². The average Bonchev–Trinajstić information content (AvgIpc) is 3.73. The Morgan fingerprint density at radius 2 is 0.846 bits per heavy atom. The van der Waals surface area contributed by atoms with E-state index in [-0.39, 0.29) is 0 Å². The second-order valence-electron chi connectivity index (χ2n) is 13.7. The van der Waals surface area contributed by atoms with Gasteiger partial charge in [-0.1, -0.05) is 146 Å². The summed E-state index contributed by atoms with van der Waals surface area (Å²) in [5.74, 6) is 0. The zero-order chi connectivity index (χ0) is 34.2. The first kappa shape index (κ1) is 28.9. The maximum Gasteiger partial charge on any atom is 0.0549 e. The van der Waals surface area contributed by atoms with Crippen molar-refractivity contribution in [1.82, 2.24) is 9.13 Å². The van der Waals surface area contributed by atoms with Gasteiger partial charge < -0.3 is 9.13 Å². The summed E-state index contributed by atoms with van der Waals surface area (Å²) in [6.45, 7) is 0. The molecule has 0 aliphatic heterocycles. The predicted molar refractivity (Wildman–Crippen MR) is 221 cm³/mol.